The second-order valence-electron chi connectivity index (χ2n) is 6.42. The molecule has 2 aromatic rings. The Bertz CT molecular complexity index is 656. The molecule has 2 unspecified atom stereocenters. The van der Waals surface area contributed by atoms with Gasteiger partial charge in [0.2, 0.25) is 5.91 Å². The molecule has 1 saturated carbocycles. The van der Waals surface area contributed by atoms with Crippen molar-refractivity contribution in [3.05, 3.63) is 36.2 Å². The van der Waals surface area contributed by atoms with Crippen molar-refractivity contribution >= 4 is 5.91 Å². The standard InChI is InChI=1S/C16H21N5O2/c1-16(10-22)8-2-3-14(16)18-15(23)9-12-4-6-13(7-5-12)21-11-17-19-20-21/h4-7,11,14,22H,2-3,8-10H2,1H3,(H,18,23). The number of carbonyl (C=O) groups excluding carboxylic acids is 1. The fourth-order valence-corrected chi connectivity index (χ4v) is 3.15. The van der Waals surface area contributed by atoms with Gasteiger partial charge in [0.1, 0.15) is 6.33 Å². The van der Waals surface area contributed by atoms with Crippen LogP contribution in [0.3, 0.4) is 0 Å². The Morgan fingerprint density at radius 3 is 2.87 bits per heavy atom. The summed E-state index contributed by atoms with van der Waals surface area (Å²) in [6, 6.07) is 7.62. The molecule has 0 aliphatic heterocycles. The minimum absolute atomic E-state index is 0.00764. The maximum absolute atomic E-state index is 12.3. The minimum atomic E-state index is -0.195. The lowest BCUT2D eigenvalue weighted by Crippen LogP contribution is -2.45. The lowest BCUT2D eigenvalue weighted by atomic mass is 9.85. The molecule has 0 bridgehead atoms. The van der Waals surface area contributed by atoms with E-state index in [2.05, 4.69) is 20.8 Å². The molecular formula is C16H21N5O2. The van der Waals surface area contributed by atoms with Gasteiger partial charge in [0.05, 0.1) is 18.7 Å². The number of nitrogens with zero attached hydrogens (tertiary/aromatic N) is 4. The molecule has 1 fully saturated rings. The van der Waals surface area contributed by atoms with Gasteiger partial charge in [0, 0.05) is 11.5 Å². The average molecular weight is 315 g/mol. The highest BCUT2D eigenvalue weighted by molar-refractivity contribution is 5.79. The third-order valence-corrected chi connectivity index (χ3v) is 4.69. The Balaban J connectivity index is 1.60. The van der Waals surface area contributed by atoms with Gasteiger partial charge in [-0.2, -0.15) is 0 Å². The first-order chi connectivity index (χ1) is 11.1. The second-order valence-corrected chi connectivity index (χ2v) is 6.42. The van der Waals surface area contributed by atoms with Crippen molar-refractivity contribution in [3.8, 4) is 5.69 Å². The minimum Gasteiger partial charge on any atom is -0.396 e. The number of aliphatic hydroxyl groups is 1. The maximum Gasteiger partial charge on any atom is 0.224 e. The first-order valence-corrected chi connectivity index (χ1v) is 7.83. The number of nitrogens with one attached hydrogen (secondary N) is 1. The highest BCUT2D eigenvalue weighted by atomic mass is 16.3. The van der Waals surface area contributed by atoms with Crippen molar-refractivity contribution in [2.75, 3.05) is 6.61 Å². The summed E-state index contributed by atoms with van der Waals surface area (Å²) in [5.74, 6) is -0.00764. The van der Waals surface area contributed by atoms with Gasteiger partial charge in [-0.1, -0.05) is 25.5 Å². The third-order valence-electron chi connectivity index (χ3n) is 4.69. The Hall–Kier alpha value is -2.28. The van der Waals surface area contributed by atoms with Crippen LogP contribution in [0.1, 0.15) is 31.7 Å². The van der Waals surface area contributed by atoms with E-state index in [0.717, 1.165) is 30.5 Å². The predicted molar refractivity (Wildman–Crippen MR) is 83.8 cm³/mol. The van der Waals surface area contributed by atoms with Crippen LogP contribution in [0.25, 0.3) is 5.69 Å². The van der Waals surface area contributed by atoms with E-state index in [9.17, 15) is 9.90 Å². The molecule has 1 heterocycles. The number of carbonyl (C=O) groups is 1. The van der Waals surface area contributed by atoms with E-state index in [-0.39, 0.29) is 24.0 Å². The first kappa shape index (κ1) is 15.6. The molecule has 1 aromatic carbocycles. The van der Waals surface area contributed by atoms with E-state index in [1.807, 2.05) is 31.2 Å². The molecule has 3 rings (SSSR count). The van der Waals surface area contributed by atoms with Gasteiger partial charge in [-0.25, -0.2) is 4.68 Å². The van der Waals surface area contributed by atoms with Crippen LogP contribution in [-0.4, -0.2) is 43.9 Å². The number of hydrogen-bond acceptors (Lipinski definition) is 5. The van der Waals surface area contributed by atoms with Crippen LogP contribution in [0.5, 0.6) is 0 Å². The first-order valence-electron chi connectivity index (χ1n) is 7.83. The third kappa shape index (κ3) is 3.39. The number of rotatable bonds is 5. The molecule has 2 N–H and O–H groups in total. The Morgan fingerprint density at radius 2 is 2.22 bits per heavy atom. The van der Waals surface area contributed by atoms with E-state index < -0.39 is 0 Å². The molecule has 1 aliphatic rings. The highest BCUT2D eigenvalue weighted by Gasteiger charge is 2.38. The quantitative estimate of drug-likeness (QED) is 0.854. The molecule has 7 nitrogen and oxygen atoms in total. The lowest BCUT2D eigenvalue weighted by molar-refractivity contribution is -0.122. The normalized spacial score (nSPS) is 23.8. The fourth-order valence-electron chi connectivity index (χ4n) is 3.15. The van der Waals surface area contributed by atoms with Gasteiger partial charge in [-0.3, -0.25) is 4.79 Å². The van der Waals surface area contributed by atoms with Crippen molar-refractivity contribution in [1.82, 2.24) is 25.5 Å². The van der Waals surface area contributed by atoms with Crippen molar-refractivity contribution in [2.45, 2.75) is 38.6 Å². The molecule has 1 aromatic heterocycles. The maximum atomic E-state index is 12.3. The van der Waals surface area contributed by atoms with E-state index >= 15 is 0 Å². The smallest absolute Gasteiger partial charge is 0.224 e. The predicted octanol–water partition coefficient (Wildman–Crippen LogP) is 0.872. The van der Waals surface area contributed by atoms with Gasteiger partial charge in [0.15, 0.2) is 0 Å². The van der Waals surface area contributed by atoms with E-state index in [1.165, 1.54) is 6.33 Å². The summed E-state index contributed by atoms with van der Waals surface area (Å²) in [5, 5.41) is 23.6. The number of benzene rings is 1. The van der Waals surface area contributed by atoms with Gasteiger partial charge >= 0.3 is 0 Å². The lowest BCUT2D eigenvalue weighted by Gasteiger charge is -2.30. The van der Waals surface area contributed by atoms with Gasteiger partial charge < -0.3 is 10.4 Å². The molecule has 122 valence electrons. The summed E-state index contributed by atoms with van der Waals surface area (Å²) in [6.45, 7) is 2.14. The van der Waals surface area contributed by atoms with Crippen molar-refractivity contribution < 1.29 is 9.90 Å². The molecule has 0 spiro atoms. The summed E-state index contributed by atoms with van der Waals surface area (Å²) < 4.78 is 1.56. The number of aliphatic hydroxyl groups excluding tert-OH is 1. The highest BCUT2D eigenvalue weighted by Crippen LogP contribution is 2.37. The van der Waals surface area contributed by atoms with Crippen molar-refractivity contribution in [1.29, 1.82) is 0 Å². The van der Waals surface area contributed by atoms with Crippen LogP contribution in [0.15, 0.2) is 30.6 Å². The molecule has 0 saturated heterocycles. The zero-order valence-electron chi connectivity index (χ0n) is 13.1. The van der Waals surface area contributed by atoms with E-state index in [0.29, 0.717) is 6.42 Å². The summed E-state index contributed by atoms with van der Waals surface area (Å²) in [5.41, 5.74) is 1.59. The average Bonchev–Trinajstić information content (AvgIpc) is 3.19. The van der Waals surface area contributed by atoms with E-state index in [4.69, 9.17) is 0 Å². The number of hydrogen-bond donors (Lipinski definition) is 2. The molecule has 23 heavy (non-hydrogen) atoms. The number of tetrazole rings is 1. The second kappa shape index (κ2) is 6.45. The number of amides is 1. The summed E-state index contributed by atoms with van der Waals surface area (Å²) in [6.07, 6.45) is 4.78. The molecule has 1 amide bonds. The van der Waals surface area contributed by atoms with Crippen LogP contribution < -0.4 is 5.32 Å². The van der Waals surface area contributed by atoms with Gasteiger partial charge in [0.25, 0.3) is 0 Å². The van der Waals surface area contributed by atoms with Gasteiger partial charge in [-0.05, 0) is 41.0 Å². The molecule has 2 atom stereocenters. The topological polar surface area (TPSA) is 92.9 Å². The van der Waals surface area contributed by atoms with Crippen LogP contribution in [0.2, 0.25) is 0 Å². The van der Waals surface area contributed by atoms with Crippen LogP contribution >= 0.6 is 0 Å². The van der Waals surface area contributed by atoms with Crippen molar-refractivity contribution in [2.24, 2.45) is 5.41 Å². The van der Waals surface area contributed by atoms with Crippen LogP contribution in [-0.2, 0) is 11.2 Å². The summed E-state index contributed by atoms with van der Waals surface area (Å²) >= 11 is 0. The Morgan fingerprint density at radius 1 is 1.43 bits per heavy atom. The zero-order valence-corrected chi connectivity index (χ0v) is 13.1. The molecular weight excluding hydrogens is 294 g/mol. The largest absolute Gasteiger partial charge is 0.396 e. The SMILES string of the molecule is CC1(CO)CCCC1NC(=O)Cc1ccc(-n2cnnn2)cc1. The van der Waals surface area contributed by atoms with Crippen molar-refractivity contribution in [3.63, 3.8) is 0 Å². The fraction of sp³-hybridized carbons (Fsp3) is 0.500. The summed E-state index contributed by atoms with van der Waals surface area (Å²) in [4.78, 5) is 12.3. The molecule has 0 radical (unpaired) electrons. The molecule has 1 aliphatic carbocycles. The monoisotopic (exact) mass is 315 g/mol. The Labute approximate surface area is 134 Å². The van der Waals surface area contributed by atoms with Crippen LogP contribution in [0.4, 0.5) is 0 Å². The van der Waals surface area contributed by atoms with Gasteiger partial charge in [-0.15, -0.1) is 5.10 Å². The van der Waals surface area contributed by atoms with E-state index in [1.54, 1.807) is 4.68 Å². The van der Waals surface area contributed by atoms with Crippen LogP contribution in [0, 0.1) is 5.41 Å². The zero-order chi connectivity index (χ0) is 16.3. The Kier molecular flexibility index (Phi) is 4.38. The number of aromatic nitrogens is 4. The summed E-state index contributed by atoms with van der Waals surface area (Å²) in [7, 11) is 0. The molecule has 7 heteroatoms.